The number of aryl methyl sites for hydroxylation is 2. The summed E-state index contributed by atoms with van der Waals surface area (Å²) in [6, 6.07) is 6.04. The number of ether oxygens (including phenoxy) is 1. The Kier molecular flexibility index (Phi) is 7.19. The molecular weight excluding hydrogens is 374 g/mol. The molecule has 0 atom stereocenters. The van der Waals surface area contributed by atoms with Gasteiger partial charge in [0.05, 0.1) is 5.75 Å². The van der Waals surface area contributed by atoms with E-state index in [1.54, 1.807) is 0 Å². The van der Waals surface area contributed by atoms with Crippen LogP contribution in [-0.2, 0) is 11.4 Å². The van der Waals surface area contributed by atoms with Crippen molar-refractivity contribution in [2.45, 2.75) is 57.7 Å². The van der Waals surface area contributed by atoms with Crippen molar-refractivity contribution in [3.63, 3.8) is 0 Å². The molecule has 2 aromatic rings. The molecule has 1 fully saturated rings. The number of carbonyl (C=O) groups excluding carboxylic acids is 1. The second kappa shape index (κ2) is 9.82. The van der Waals surface area contributed by atoms with Gasteiger partial charge in [-0.05, 0) is 49.9 Å². The van der Waals surface area contributed by atoms with Crippen LogP contribution in [0.15, 0.2) is 23.4 Å². The fourth-order valence-electron chi connectivity index (χ4n) is 3.38. The van der Waals surface area contributed by atoms with Crippen LogP contribution < -0.4 is 10.6 Å². The Morgan fingerprint density at radius 1 is 1.07 bits per heavy atom. The van der Waals surface area contributed by atoms with Crippen LogP contribution in [-0.4, -0.2) is 44.5 Å². The monoisotopic (exact) mass is 403 g/mol. The van der Waals surface area contributed by atoms with Gasteiger partial charge in [0.15, 0.2) is 5.82 Å². The number of hydrogen-bond acceptors (Lipinski definition) is 6. The zero-order valence-electron chi connectivity index (χ0n) is 16.7. The molecule has 2 N–H and O–H groups in total. The van der Waals surface area contributed by atoms with E-state index in [0.29, 0.717) is 16.7 Å². The van der Waals surface area contributed by atoms with Crippen LogP contribution in [0.5, 0.6) is 5.75 Å². The quantitative estimate of drug-likeness (QED) is 0.589. The predicted octanol–water partition coefficient (Wildman–Crippen LogP) is 3.07. The molecule has 1 amide bonds. The van der Waals surface area contributed by atoms with Crippen LogP contribution in [0.3, 0.4) is 0 Å². The lowest BCUT2D eigenvalue weighted by atomic mass is 10.1. The first-order valence-electron chi connectivity index (χ1n) is 9.84. The van der Waals surface area contributed by atoms with Crippen molar-refractivity contribution in [2.75, 3.05) is 24.7 Å². The smallest absolute Gasteiger partial charge is 0.233 e. The Labute approximate surface area is 170 Å². The summed E-state index contributed by atoms with van der Waals surface area (Å²) in [5.41, 5.74) is 2.28. The summed E-state index contributed by atoms with van der Waals surface area (Å²) >= 11 is 1.33. The number of rotatable bonds is 6. The van der Waals surface area contributed by atoms with Crippen LogP contribution in [0, 0.1) is 13.8 Å². The molecule has 2 heterocycles. The first-order chi connectivity index (χ1) is 13.5. The topological polar surface area (TPSA) is 86.3 Å². The van der Waals surface area contributed by atoms with Crippen LogP contribution >= 0.6 is 11.8 Å². The second-order valence-electron chi connectivity index (χ2n) is 7.32. The zero-order valence-corrected chi connectivity index (χ0v) is 17.5. The van der Waals surface area contributed by atoms with Gasteiger partial charge in [-0.3, -0.25) is 4.79 Å². The molecule has 8 heteroatoms. The van der Waals surface area contributed by atoms with Gasteiger partial charge in [0.1, 0.15) is 12.4 Å². The summed E-state index contributed by atoms with van der Waals surface area (Å²) < 4.78 is 7.22. The molecule has 0 unspecified atom stereocenters. The lowest BCUT2D eigenvalue weighted by molar-refractivity contribution is -0.128. The van der Waals surface area contributed by atoms with Gasteiger partial charge in [0.25, 0.3) is 0 Å². The van der Waals surface area contributed by atoms with Crippen molar-refractivity contribution in [3.8, 4) is 5.75 Å². The average Bonchev–Trinajstić information content (AvgIpc) is 2.97. The first kappa shape index (κ1) is 20.5. The number of amides is 1. The Morgan fingerprint density at radius 2 is 1.71 bits per heavy atom. The van der Waals surface area contributed by atoms with Gasteiger partial charge in [-0.25, -0.2) is 4.68 Å². The number of nitrogen functional groups attached to an aromatic ring is 1. The lowest BCUT2D eigenvalue weighted by Gasteiger charge is -2.24. The first-order valence-corrected chi connectivity index (χ1v) is 10.8. The number of thioether (sulfide) groups is 1. The number of aromatic nitrogens is 3. The van der Waals surface area contributed by atoms with E-state index in [2.05, 4.69) is 16.3 Å². The van der Waals surface area contributed by atoms with Gasteiger partial charge in [-0.1, -0.05) is 37.1 Å². The van der Waals surface area contributed by atoms with E-state index in [0.717, 1.165) is 42.8 Å². The number of hydrogen-bond donors (Lipinski definition) is 1. The maximum atomic E-state index is 12.5. The molecule has 0 radical (unpaired) electrons. The van der Waals surface area contributed by atoms with Crippen molar-refractivity contribution in [1.29, 1.82) is 0 Å². The number of nitrogens with two attached hydrogens (primary N) is 1. The fourth-order valence-corrected chi connectivity index (χ4v) is 4.16. The van der Waals surface area contributed by atoms with Crippen molar-refractivity contribution >= 4 is 17.7 Å². The highest BCUT2D eigenvalue weighted by Crippen LogP contribution is 2.20. The minimum absolute atomic E-state index is 0.142. The van der Waals surface area contributed by atoms with Crippen LogP contribution in [0.2, 0.25) is 0 Å². The van der Waals surface area contributed by atoms with Crippen LogP contribution in [0.1, 0.15) is 49.1 Å². The van der Waals surface area contributed by atoms with Gasteiger partial charge in [0, 0.05) is 13.1 Å². The fraction of sp³-hybridized carbons (Fsp3) is 0.550. The van der Waals surface area contributed by atoms with E-state index in [9.17, 15) is 4.79 Å². The maximum absolute atomic E-state index is 12.5. The predicted molar refractivity (Wildman–Crippen MR) is 111 cm³/mol. The largest absolute Gasteiger partial charge is 0.486 e. The minimum atomic E-state index is 0.142. The third-order valence-electron chi connectivity index (χ3n) is 4.83. The molecule has 7 nitrogen and oxygen atoms in total. The molecule has 1 aliphatic rings. The molecule has 1 aromatic carbocycles. The summed E-state index contributed by atoms with van der Waals surface area (Å²) in [5.74, 6) is 7.88. The lowest BCUT2D eigenvalue weighted by Crippen LogP contribution is -2.35. The van der Waals surface area contributed by atoms with Gasteiger partial charge in [0.2, 0.25) is 11.1 Å². The van der Waals surface area contributed by atoms with Gasteiger partial charge >= 0.3 is 0 Å². The SMILES string of the molecule is Cc1cc(C)cc(OCc2nnc(SCC(=O)N3CCCCCCC3)n2N)c1. The number of carbonyl (C=O) groups is 1. The highest BCUT2D eigenvalue weighted by molar-refractivity contribution is 7.99. The molecule has 0 saturated carbocycles. The van der Waals surface area contributed by atoms with E-state index in [1.807, 2.05) is 30.9 Å². The molecule has 152 valence electrons. The van der Waals surface area contributed by atoms with Crippen molar-refractivity contribution in [3.05, 3.63) is 35.2 Å². The number of likely N-dealkylation sites (tertiary alicyclic amines) is 1. The maximum Gasteiger partial charge on any atom is 0.233 e. The van der Waals surface area contributed by atoms with E-state index < -0.39 is 0 Å². The van der Waals surface area contributed by atoms with Crippen molar-refractivity contribution in [2.24, 2.45) is 0 Å². The van der Waals surface area contributed by atoms with Gasteiger partial charge in [-0.2, -0.15) is 0 Å². The molecular formula is C20H29N5O2S. The Balaban J connectivity index is 1.53. The number of benzene rings is 1. The van der Waals surface area contributed by atoms with E-state index >= 15 is 0 Å². The van der Waals surface area contributed by atoms with Crippen LogP contribution in [0.25, 0.3) is 0 Å². The van der Waals surface area contributed by atoms with Crippen molar-refractivity contribution < 1.29 is 9.53 Å². The highest BCUT2D eigenvalue weighted by Gasteiger charge is 2.17. The summed E-state index contributed by atoms with van der Waals surface area (Å²) in [6.07, 6.45) is 5.86. The molecule has 1 aromatic heterocycles. The summed E-state index contributed by atoms with van der Waals surface area (Å²) in [7, 11) is 0. The average molecular weight is 404 g/mol. The Morgan fingerprint density at radius 3 is 2.39 bits per heavy atom. The van der Waals surface area contributed by atoms with E-state index in [4.69, 9.17) is 10.6 Å². The standard InChI is InChI=1S/C20H29N5O2S/c1-15-10-16(2)12-17(11-15)27-13-18-22-23-20(25(18)21)28-14-19(26)24-8-6-4-3-5-7-9-24/h10-12H,3-9,13-14,21H2,1-2H3. The second-order valence-corrected chi connectivity index (χ2v) is 8.26. The molecule has 28 heavy (non-hydrogen) atoms. The minimum Gasteiger partial charge on any atom is -0.486 e. The molecule has 3 rings (SSSR count). The van der Waals surface area contributed by atoms with Gasteiger partial charge in [-0.15, -0.1) is 10.2 Å². The molecule has 1 saturated heterocycles. The van der Waals surface area contributed by atoms with Crippen molar-refractivity contribution in [1.82, 2.24) is 19.8 Å². The third-order valence-corrected chi connectivity index (χ3v) is 5.76. The molecule has 0 spiro atoms. The Bertz CT molecular complexity index is 780. The molecule has 1 aliphatic heterocycles. The van der Waals surface area contributed by atoms with Crippen LogP contribution in [0.4, 0.5) is 0 Å². The highest BCUT2D eigenvalue weighted by atomic mass is 32.2. The van der Waals surface area contributed by atoms with E-state index in [1.165, 1.54) is 35.7 Å². The molecule has 0 bridgehead atoms. The summed E-state index contributed by atoms with van der Waals surface area (Å²) in [6.45, 7) is 5.99. The summed E-state index contributed by atoms with van der Waals surface area (Å²) in [4.78, 5) is 14.5. The number of nitrogens with zero attached hydrogens (tertiary/aromatic N) is 4. The van der Waals surface area contributed by atoms with E-state index in [-0.39, 0.29) is 12.5 Å². The van der Waals surface area contributed by atoms with Gasteiger partial charge < -0.3 is 15.5 Å². The third kappa shape index (κ3) is 5.64. The Hall–Kier alpha value is -2.22. The normalized spacial score (nSPS) is 15.1. The molecule has 0 aliphatic carbocycles. The summed E-state index contributed by atoms with van der Waals surface area (Å²) in [5, 5.41) is 8.75. The zero-order chi connectivity index (χ0) is 19.9.